The van der Waals surface area contributed by atoms with Crippen molar-refractivity contribution in [3.63, 3.8) is 0 Å². The van der Waals surface area contributed by atoms with E-state index in [1.165, 1.54) is 37.7 Å². The number of hydrogen-bond donors (Lipinski definition) is 0. The van der Waals surface area contributed by atoms with Crippen LogP contribution in [-0.2, 0) is 0 Å². The van der Waals surface area contributed by atoms with E-state index in [0.717, 1.165) is 23.3 Å². The maximum Gasteiger partial charge on any atom is 0.151 e. The van der Waals surface area contributed by atoms with E-state index in [-0.39, 0.29) is 0 Å². The van der Waals surface area contributed by atoms with Crippen LogP contribution in [-0.4, -0.2) is 6.29 Å². The molecule has 1 saturated carbocycles. The summed E-state index contributed by atoms with van der Waals surface area (Å²) >= 11 is 5.98. The summed E-state index contributed by atoms with van der Waals surface area (Å²) in [6, 6.07) is 14.4. The van der Waals surface area contributed by atoms with Crippen LogP contribution in [0.5, 0.6) is 0 Å². The Morgan fingerprint density at radius 1 is 0.905 bits per heavy atom. The Bertz CT molecular complexity index is 625. The third kappa shape index (κ3) is 3.19. The minimum atomic E-state index is 0.507. The third-order valence-electron chi connectivity index (χ3n) is 4.44. The van der Waals surface area contributed by atoms with Crippen molar-refractivity contribution >= 4 is 17.9 Å². The van der Waals surface area contributed by atoms with Gasteiger partial charge in [0, 0.05) is 5.56 Å². The highest BCUT2D eigenvalue weighted by Gasteiger charge is 2.15. The normalized spacial score (nSPS) is 15.9. The second-order valence-corrected chi connectivity index (χ2v) is 6.22. The largest absolute Gasteiger partial charge is 0.298 e. The topological polar surface area (TPSA) is 17.1 Å². The smallest absolute Gasteiger partial charge is 0.151 e. The summed E-state index contributed by atoms with van der Waals surface area (Å²) in [5, 5.41) is 0.507. The second kappa shape index (κ2) is 6.44. The highest BCUT2D eigenvalue weighted by molar-refractivity contribution is 6.33. The van der Waals surface area contributed by atoms with Gasteiger partial charge in [-0.25, -0.2) is 0 Å². The lowest BCUT2D eigenvalue weighted by Gasteiger charge is -2.22. The number of benzene rings is 2. The number of rotatable bonds is 3. The van der Waals surface area contributed by atoms with Gasteiger partial charge >= 0.3 is 0 Å². The van der Waals surface area contributed by atoms with Crippen LogP contribution in [0.25, 0.3) is 11.1 Å². The molecule has 3 rings (SSSR count). The molecular weight excluding hydrogens is 280 g/mol. The van der Waals surface area contributed by atoms with Crippen molar-refractivity contribution in [3.8, 4) is 11.1 Å². The molecule has 0 heterocycles. The maximum atomic E-state index is 11.0. The second-order valence-electron chi connectivity index (χ2n) is 5.81. The van der Waals surface area contributed by atoms with Gasteiger partial charge in [0.25, 0.3) is 0 Å². The Kier molecular flexibility index (Phi) is 4.40. The standard InChI is InChI=1S/C19H19ClO/c20-19-11-10-17(12-18(19)13-21)16-8-6-15(7-9-16)14-4-2-1-3-5-14/h6-14H,1-5H2. The molecule has 21 heavy (non-hydrogen) atoms. The van der Waals surface area contributed by atoms with E-state index in [1.807, 2.05) is 12.1 Å². The van der Waals surface area contributed by atoms with Crippen LogP contribution in [0.1, 0.15) is 53.9 Å². The van der Waals surface area contributed by atoms with Gasteiger partial charge in [-0.1, -0.05) is 61.2 Å². The highest BCUT2D eigenvalue weighted by Crippen LogP contribution is 2.33. The first-order chi connectivity index (χ1) is 10.3. The van der Waals surface area contributed by atoms with Crippen LogP contribution in [0.4, 0.5) is 0 Å². The molecule has 0 amide bonds. The quantitative estimate of drug-likeness (QED) is 0.648. The molecule has 2 aromatic carbocycles. The Balaban J connectivity index is 1.85. The van der Waals surface area contributed by atoms with Crippen molar-refractivity contribution in [2.45, 2.75) is 38.0 Å². The zero-order valence-corrected chi connectivity index (χ0v) is 12.8. The molecular formula is C19H19ClO. The van der Waals surface area contributed by atoms with Crippen molar-refractivity contribution in [2.24, 2.45) is 0 Å². The molecule has 1 aliphatic carbocycles. The zero-order valence-electron chi connectivity index (χ0n) is 12.0. The van der Waals surface area contributed by atoms with Crippen LogP contribution in [0.15, 0.2) is 42.5 Å². The van der Waals surface area contributed by atoms with Gasteiger partial charge in [-0.3, -0.25) is 4.79 Å². The van der Waals surface area contributed by atoms with E-state index in [9.17, 15) is 4.79 Å². The van der Waals surface area contributed by atoms with E-state index < -0.39 is 0 Å². The molecule has 1 aliphatic rings. The van der Waals surface area contributed by atoms with Crippen LogP contribution in [0.2, 0.25) is 5.02 Å². The van der Waals surface area contributed by atoms with Gasteiger partial charge in [0.2, 0.25) is 0 Å². The molecule has 1 fully saturated rings. The van der Waals surface area contributed by atoms with Crippen molar-refractivity contribution in [2.75, 3.05) is 0 Å². The molecule has 0 unspecified atom stereocenters. The summed E-state index contributed by atoms with van der Waals surface area (Å²) < 4.78 is 0. The van der Waals surface area contributed by atoms with E-state index in [0.29, 0.717) is 10.6 Å². The van der Waals surface area contributed by atoms with Gasteiger partial charge in [0.05, 0.1) is 5.02 Å². The Morgan fingerprint density at radius 3 is 2.24 bits per heavy atom. The first-order valence-electron chi connectivity index (χ1n) is 7.63. The third-order valence-corrected chi connectivity index (χ3v) is 4.79. The van der Waals surface area contributed by atoms with Gasteiger partial charge < -0.3 is 0 Å². The number of hydrogen-bond acceptors (Lipinski definition) is 1. The molecule has 2 aromatic rings. The fraction of sp³-hybridized carbons (Fsp3) is 0.316. The summed E-state index contributed by atoms with van der Waals surface area (Å²) in [6.45, 7) is 0. The molecule has 0 spiro atoms. The fourth-order valence-electron chi connectivity index (χ4n) is 3.20. The molecule has 1 nitrogen and oxygen atoms in total. The minimum Gasteiger partial charge on any atom is -0.298 e. The maximum absolute atomic E-state index is 11.0. The van der Waals surface area contributed by atoms with Crippen molar-refractivity contribution in [1.82, 2.24) is 0 Å². The van der Waals surface area contributed by atoms with Gasteiger partial charge in [-0.05, 0) is 47.6 Å². The zero-order chi connectivity index (χ0) is 14.7. The molecule has 0 N–H and O–H groups in total. The van der Waals surface area contributed by atoms with E-state index in [2.05, 4.69) is 24.3 Å². The van der Waals surface area contributed by atoms with Crippen LogP contribution >= 0.6 is 11.6 Å². The number of halogens is 1. The van der Waals surface area contributed by atoms with Crippen LogP contribution in [0, 0.1) is 0 Å². The monoisotopic (exact) mass is 298 g/mol. The summed E-state index contributed by atoms with van der Waals surface area (Å²) in [5.41, 5.74) is 4.17. The van der Waals surface area contributed by atoms with Gasteiger partial charge in [-0.2, -0.15) is 0 Å². The van der Waals surface area contributed by atoms with Crippen molar-refractivity contribution < 1.29 is 4.79 Å². The molecule has 0 aromatic heterocycles. The fourth-order valence-corrected chi connectivity index (χ4v) is 3.36. The van der Waals surface area contributed by atoms with Crippen molar-refractivity contribution in [3.05, 3.63) is 58.6 Å². The van der Waals surface area contributed by atoms with Gasteiger partial charge in [0.15, 0.2) is 6.29 Å². The molecule has 0 aliphatic heterocycles. The summed E-state index contributed by atoms with van der Waals surface area (Å²) in [5.74, 6) is 0.726. The highest BCUT2D eigenvalue weighted by atomic mass is 35.5. The molecule has 108 valence electrons. The Morgan fingerprint density at radius 2 is 1.57 bits per heavy atom. The molecule has 0 bridgehead atoms. The lowest BCUT2D eigenvalue weighted by atomic mass is 9.83. The molecule has 2 heteroatoms. The Hall–Kier alpha value is -1.60. The van der Waals surface area contributed by atoms with E-state index >= 15 is 0 Å². The first kappa shape index (κ1) is 14.3. The van der Waals surface area contributed by atoms with E-state index in [1.54, 1.807) is 6.07 Å². The predicted octanol–water partition coefficient (Wildman–Crippen LogP) is 5.87. The van der Waals surface area contributed by atoms with Crippen LogP contribution < -0.4 is 0 Å². The number of carbonyl (C=O) groups is 1. The summed E-state index contributed by atoms with van der Waals surface area (Å²) in [7, 11) is 0. The van der Waals surface area contributed by atoms with Crippen LogP contribution in [0.3, 0.4) is 0 Å². The SMILES string of the molecule is O=Cc1cc(-c2ccc(C3CCCCC3)cc2)ccc1Cl. The summed E-state index contributed by atoms with van der Waals surface area (Å²) in [6.07, 6.45) is 7.53. The average Bonchev–Trinajstić information content (AvgIpc) is 2.56. The average molecular weight is 299 g/mol. The van der Waals surface area contributed by atoms with E-state index in [4.69, 9.17) is 11.6 Å². The minimum absolute atomic E-state index is 0.507. The summed E-state index contributed by atoms with van der Waals surface area (Å²) in [4.78, 5) is 11.0. The predicted molar refractivity (Wildman–Crippen MR) is 88.1 cm³/mol. The first-order valence-corrected chi connectivity index (χ1v) is 8.01. The van der Waals surface area contributed by atoms with Gasteiger partial charge in [0.1, 0.15) is 0 Å². The number of aldehydes is 1. The molecule has 0 saturated heterocycles. The molecule has 0 atom stereocenters. The number of carbonyl (C=O) groups excluding carboxylic acids is 1. The lowest BCUT2D eigenvalue weighted by Crippen LogP contribution is -2.04. The molecule has 0 radical (unpaired) electrons. The van der Waals surface area contributed by atoms with Gasteiger partial charge in [-0.15, -0.1) is 0 Å². The Labute approximate surface area is 131 Å². The van der Waals surface area contributed by atoms with Crippen molar-refractivity contribution in [1.29, 1.82) is 0 Å². The lowest BCUT2D eigenvalue weighted by molar-refractivity contribution is 0.112.